The van der Waals surface area contributed by atoms with Gasteiger partial charge in [-0.3, -0.25) is 4.79 Å². The molecular formula is C18H31NO4S. The second-order valence-electron chi connectivity index (χ2n) is 9.85. The molecule has 0 aromatic heterocycles. The van der Waals surface area contributed by atoms with Gasteiger partial charge in [-0.15, -0.1) is 0 Å². The molecule has 5 atom stereocenters. The SMILES string of the molecule is C[C@@H](C(=O)N1[C@@H]2C[C@H]3CC[C@]2(CS1(=O)=O)C3(C)C)[C@@H](O)C(C)(C)C. The van der Waals surface area contributed by atoms with Crippen LogP contribution < -0.4 is 0 Å². The molecule has 1 spiro atoms. The molecule has 2 bridgehead atoms. The predicted octanol–water partition coefficient (Wildman–Crippen LogP) is 2.40. The van der Waals surface area contributed by atoms with E-state index >= 15 is 0 Å². The van der Waals surface area contributed by atoms with Crippen molar-refractivity contribution in [1.29, 1.82) is 0 Å². The molecule has 1 N–H and O–H groups in total. The van der Waals surface area contributed by atoms with Crippen molar-refractivity contribution in [1.82, 2.24) is 4.31 Å². The number of carbonyl (C=O) groups excluding carboxylic acids is 1. The number of amides is 1. The van der Waals surface area contributed by atoms with Gasteiger partial charge in [0.25, 0.3) is 0 Å². The summed E-state index contributed by atoms with van der Waals surface area (Å²) in [6, 6.07) is -0.224. The first-order valence-corrected chi connectivity index (χ1v) is 10.6. The van der Waals surface area contributed by atoms with Crippen molar-refractivity contribution in [3.8, 4) is 0 Å². The first kappa shape index (κ1) is 18.2. The van der Waals surface area contributed by atoms with Crippen molar-refractivity contribution in [2.45, 2.75) is 73.0 Å². The summed E-state index contributed by atoms with van der Waals surface area (Å²) >= 11 is 0. The Balaban J connectivity index is 1.96. The highest BCUT2D eigenvalue weighted by molar-refractivity contribution is 7.90. The van der Waals surface area contributed by atoms with E-state index < -0.39 is 33.4 Å². The summed E-state index contributed by atoms with van der Waals surface area (Å²) < 4.78 is 26.9. The minimum atomic E-state index is -3.61. The lowest BCUT2D eigenvalue weighted by Crippen LogP contribution is -2.49. The number of aliphatic hydroxyl groups is 1. The minimum Gasteiger partial charge on any atom is -0.392 e. The Morgan fingerprint density at radius 2 is 1.88 bits per heavy atom. The average molecular weight is 358 g/mol. The van der Waals surface area contributed by atoms with Gasteiger partial charge in [0, 0.05) is 5.41 Å². The fraction of sp³-hybridized carbons (Fsp3) is 0.944. The standard InChI is InChI=1S/C18H31NO4S/c1-11(14(20)16(2,3)4)15(21)19-13-9-12-7-8-18(13,17(12,5)6)10-24(19,22)23/h11-14,20H,7-10H2,1-6H3/t11-,12-,13-,14-,18-/m1/s1. The van der Waals surface area contributed by atoms with Gasteiger partial charge in [-0.1, -0.05) is 41.5 Å². The van der Waals surface area contributed by atoms with E-state index in [1.54, 1.807) is 6.92 Å². The van der Waals surface area contributed by atoms with E-state index in [4.69, 9.17) is 0 Å². The topological polar surface area (TPSA) is 74.7 Å². The van der Waals surface area contributed by atoms with E-state index in [-0.39, 0.29) is 22.6 Å². The number of fused-ring (bicyclic) bond motifs is 1. The fourth-order valence-electron chi connectivity index (χ4n) is 5.66. The molecule has 2 aliphatic carbocycles. The monoisotopic (exact) mass is 357 g/mol. The molecule has 6 heteroatoms. The lowest BCUT2D eigenvalue weighted by molar-refractivity contribution is -0.139. The molecule has 1 heterocycles. The Morgan fingerprint density at radius 3 is 2.38 bits per heavy atom. The minimum absolute atomic E-state index is 0.0500. The predicted molar refractivity (Wildman–Crippen MR) is 92.6 cm³/mol. The molecule has 138 valence electrons. The maximum Gasteiger partial charge on any atom is 0.241 e. The number of hydrogen-bond donors (Lipinski definition) is 1. The lowest BCUT2D eigenvalue weighted by Gasteiger charge is -2.38. The summed E-state index contributed by atoms with van der Waals surface area (Å²) in [4.78, 5) is 13.1. The van der Waals surface area contributed by atoms with Crippen molar-refractivity contribution in [2.24, 2.45) is 28.1 Å². The normalized spacial score (nSPS) is 38.9. The Kier molecular flexibility index (Phi) is 3.76. The molecule has 0 aromatic carbocycles. The molecule has 24 heavy (non-hydrogen) atoms. The van der Waals surface area contributed by atoms with Crippen molar-refractivity contribution in [3.63, 3.8) is 0 Å². The van der Waals surface area contributed by atoms with Gasteiger partial charge in [0.15, 0.2) is 0 Å². The Bertz CT molecular complexity index is 663. The molecule has 1 amide bonds. The quantitative estimate of drug-likeness (QED) is 0.823. The van der Waals surface area contributed by atoms with E-state index in [1.165, 1.54) is 4.31 Å². The fourth-order valence-corrected chi connectivity index (χ4v) is 8.28. The van der Waals surface area contributed by atoms with Crippen molar-refractivity contribution in [2.75, 3.05) is 5.75 Å². The molecule has 3 rings (SSSR count). The van der Waals surface area contributed by atoms with E-state index in [2.05, 4.69) is 13.8 Å². The maximum atomic E-state index is 13.1. The smallest absolute Gasteiger partial charge is 0.241 e. The summed E-state index contributed by atoms with van der Waals surface area (Å²) in [6.07, 6.45) is 1.84. The molecule has 3 fully saturated rings. The van der Waals surface area contributed by atoms with Gasteiger partial charge in [0.1, 0.15) is 0 Å². The maximum absolute atomic E-state index is 13.1. The van der Waals surface area contributed by atoms with Crippen LogP contribution in [0.4, 0.5) is 0 Å². The highest BCUT2D eigenvalue weighted by atomic mass is 32.2. The number of rotatable bonds is 2. The summed E-state index contributed by atoms with van der Waals surface area (Å²) in [6.45, 7) is 11.6. The van der Waals surface area contributed by atoms with Crippen LogP contribution in [0.25, 0.3) is 0 Å². The number of sulfonamides is 1. The van der Waals surface area contributed by atoms with Crippen LogP contribution in [0.5, 0.6) is 0 Å². The second kappa shape index (κ2) is 4.97. The van der Waals surface area contributed by atoms with Gasteiger partial charge in [-0.25, -0.2) is 12.7 Å². The molecular weight excluding hydrogens is 326 g/mol. The largest absolute Gasteiger partial charge is 0.392 e. The van der Waals surface area contributed by atoms with E-state index in [1.807, 2.05) is 20.8 Å². The average Bonchev–Trinajstić information content (AvgIpc) is 2.90. The zero-order chi connectivity index (χ0) is 18.3. The Hall–Kier alpha value is -0.620. The lowest BCUT2D eigenvalue weighted by atomic mass is 9.69. The van der Waals surface area contributed by atoms with Gasteiger partial charge in [-0.05, 0) is 36.0 Å². The van der Waals surface area contributed by atoms with Gasteiger partial charge < -0.3 is 5.11 Å². The first-order chi connectivity index (χ1) is 10.8. The van der Waals surface area contributed by atoms with Crippen LogP contribution in [0, 0.1) is 28.1 Å². The van der Waals surface area contributed by atoms with E-state index in [0.717, 1.165) is 19.3 Å². The Labute approximate surface area is 145 Å². The van der Waals surface area contributed by atoms with Gasteiger partial charge in [0.05, 0.1) is 23.8 Å². The highest BCUT2D eigenvalue weighted by Gasteiger charge is 2.72. The zero-order valence-corrected chi connectivity index (χ0v) is 16.5. The van der Waals surface area contributed by atoms with Crippen LogP contribution >= 0.6 is 0 Å². The summed E-state index contributed by atoms with van der Waals surface area (Å²) in [5, 5.41) is 10.5. The van der Waals surface area contributed by atoms with Crippen molar-refractivity contribution < 1.29 is 18.3 Å². The summed E-state index contributed by atoms with van der Waals surface area (Å²) in [5.74, 6) is -0.589. The molecule has 1 saturated heterocycles. The second-order valence-corrected chi connectivity index (χ2v) is 11.7. The molecule has 0 aromatic rings. The molecule has 0 radical (unpaired) electrons. The third kappa shape index (κ3) is 2.14. The van der Waals surface area contributed by atoms with Crippen molar-refractivity contribution >= 4 is 15.9 Å². The summed E-state index contributed by atoms with van der Waals surface area (Å²) in [7, 11) is -3.61. The molecule has 1 aliphatic heterocycles. The highest BCUT2D eigenvalue weighted by Crippen LogP contribution is 2.70. The van der Waals surface area contributed by atoms with Gasteiger partial charge >= 0.3 is 0 Å². The third-order valence-electron chi connectivity index (χ3n) is 7.38. The van der Waals surface area contributed by atoms with Crippen LogP contribution in [-0.2, 0) is 14.8 Å². The van der Waals surface area contributed by atoms with Crippen molar-refractivity contribution in [3.05, 3.63) is 0 Å². The van der Waals surface area contributed by atoms with E-state index in [0.29, 0.717) is 5.92 Å². The van der Waals surface area contributed by atoms with Gasteiger partial charge in [0.2, 0.25) is 15.9 Å². The molecule has 5 nitrogen and oxygen atoms in total. The number of carbonyl (C=O) groups is 1. The van der Waals surface area contributed by atoms with E-state index in [9.17, 15) is 18.3 Å². The van der Waals surface area contributed by atoms with Crippen LogP contribution in [0.1, 0.15) is 60.8 Å². The van der Waals surface area contributed by atoms with Crippen LogP contribution in [-0.4, -0.2) is 41.6 Å². The number of hydrogen-bond acceptors (Lipinski definition) is 4. The molecule has 3 aliphatic rings. The first-order valence-electron chi connectivity index (χ1n) is 9.00. The molecule has 0 unspecified atom stereocenters. The number of nitrogens with zero attached hydrogens (tertiary/aromatic N) is 1. The zero-order valence-electron chi connectivity index (χ0n) is 15.7. The summed E-state index contributed by atoms with van der Waals surface area (Å²) in [5.41, 5.74) is -0.825. The molecule has 2 saturated carbocycles. The van der Waals surface area contributed by atoms with Crippen LogP contribution in [0.2, 0.25) is 0 Å². The van der Waals surface area contributed by atoms with Gasteiger partial charge in [-0.2, -0.15) is 0 Å². The Morgan fingerprint density at radius 1 is 1.29 bits per heavy atom. The van der Waals surface area contributed by atoms with Crippen LogP contribution in [0.3, 0.4) is 0 Å². The third-order valence-corrected chi connectivity index (χ3v) is 9.29. The van der Waals surface area contributed by atoms with Crippen LogP contribution in [0.15, 0.2) is 0 Å². The number of aliphatic hydroxyl groups excluding tert-OH is 1.